The first-order chi connectivity index (χ1) is 8.63. The summed E-state index contributed by atoms with van der Waals surface area (Å²) in [4.78, 5) is 2.25. The number of hydrogen-bond acceptors (Lipinski definition) is 3. The van der Waals surface area contributed by atoms with Gasteiger partial charge in [-0.25, -0.2) is 0 Å². The van der Waals surface area contributed by atoms with Crippen molar-refractivity contribution in [3.05, 3.63) is 22.2 Å². The van der Waals surface area contributed by atoms with Gasteiger partial charge in [-0.15, -0.1) is 0 Å². The normalized spacial score (nSPS) is 15.5. The number of aliphatic hydroxyl groups excluding tert-OH is 1. The molecule has 0 aromatic heterocycles. The first kappa shape index (κ1) is 13.8. The predicted molar refractivity (Wildman–Crippen MR) is 77.6 cm³/mol. The van der Waals surface area contributed by atoms with Gasteiger partial charge in [0.15, 0.2) is 0 Å². The fourth-order valence-electron chi connectivity index (χ4n) is 2.24. The van der Waals surface area contributed by atoms with E-state index < -0.39 is 0 Å². The van der Waals surface area contributed by atoms with Crippen molar-refractivity contribution in [2.24, 2.45) is 0 Å². The number of rotatable bonds is 5. The number of hydrogen-bond donors (Lipinski definition) is 2. The summed E-state index contributed by atoms with van der Waals surface area (Å²) in [5.41, 5.74) is 7.61. The molecule has 3 nitrogen and oxygen atoms in total. The minimum atomic E-state index is 0.185. The Bertz CT molecular complexity index is 422. The van der Waals surface area contributed by atoms with Crippen molar-refractivity contribution in [1.82, 2.24) is 0 Å². The van der Waals surface area contributed by atoms with Gasteiger partial charge in [0.1, 0.15) is 0 Å². The van der Waals surface area contributed by atoms with Crippen LogP contribution in [0.2, 0.25) is 10.0 Å². The van der Waals surface area contributed by atoms with Crippen LogP contribution in [0.4, 0.5) is 11.4 Å². The number of benzene rings is 1. The van der Waals surface area contributed by atoms with Gasteiger partial charge in [-0.05, 0) is 37.8 Å². The van der Waals surface area contributed by atoms with E-state index in [0.29, 0.717) is 21.8 Å². The Morgan fingerprint density at radius 3 is 2.50 bits per heavy atom. The Balaban J connectivity index is 2.25. The standard InChI is InChI=1S/C13H18Cl2N2O/c14-10-7-12(16)13(8-11(10)15)17(5-2-6-18)9-3-1-4-9/h7-9,18H,1-6,16H2. The topological polar surface area (TPSA) is 49.5 Å². The van der Waals surface area contributed by atoms with E-state index in [2.05, 4.69) is 4.90 Å². The Kier molecular flexibility index (Phi) is 4.60. The van der Waals surface area contributed by atoms with E-state index in [1.807, 2.05) is 6.07 Å². The first-order valence-corrected chi connectivity index (χ1v) is 7.01. The van der Waals surface area contributed by atoms with E-state index in [9.17, 15) is 0 Å². The zero-order valence-corrected chi connectivity index (χ0v) is 11.7. The highest BCUT2D eigenvalue weighted by Crippen LogP contribution is 2.37. The van der Waals surface area contributed by atoms with Crippen molar-refractivity contribution in [3.8, 4) is 0 Å². The Morgan fingerprint density at radius 1 is 1.28 bits per heavy atom. The summed E-state index contributed by atoms with van der Waals surface area (Å²) >= 11 is 12.0. The third-order valence-corrected chi connectivity index (χ3v) is 4.17. The molecule has 0 radical (unpaired) electrons. The third kappa shape index (κ3) is 2.85. The summed E-state index contributed by atoms with van der Waals surface area (Å²) in [6.45, 7) is 0.980. The van der Waals surface area contributed by atoms with Crippen molar-refractivity contribution in [1.29, 1.82) is 0 Å². The van der Waals surface area contributed by atoms with Crippen LogP contribution >= 0.6 is 23.2 Å². The number of nitrogens with two attached hydrogens (primary N) is 1. The number of aliphatic hydroxyl groups is 1. The van der Waals surface area contributed by atoms with Gasteiger partial charge >= 0.3 is 0 Å². The number of halogens is 2. The molecule has 0 saturated heterocycles. The van der Waals surface area contributed by atoms with Crippen LogP contribution in [0.3, 0.4) is 0 Å². The molecule has 1 aliphatic rings. The Hall–Kier alpha value is -0.640. The summed E-state index contributed by atoms with van der Waals surface area (Å²) in [5, 5.41) is 10.0. The fourth-order valence-corrected chi connectivity index (χ4v) is 2.57. The van der Waals surface area contributed by atoms with Crippen LogP contribution in [-0.4, -0.2) is 24.3 Å². The van der Waals surface area contributed by atoms with E-state index in [0.717, 1.165) is 18.7 Å². The molecule has 1 aromatic rings. The van der Waals surface area contributed by atoms with E-state index in [-0.39, 0.29) is 6.61 Å². The fraction of sp³-hybridized carbons (Fsp3) is 0.538. The minimum absolute atomic E-state index is 0.185. The number of anilines is 2. The molecule has 0 heterocycles. The highest BCUT2D eigenvalue weighted by atomic mass is 35.5. The van der Waals surface area contributed by atoms with Gasteiger partial charge in [0.2, 0.25) is 0 Å². The van der Waals surface area contributed by atoms with Gasteiger partial charge in [0, 0.05) is 19.2 Å². The molecule has 100 valence electrons. The SMILES string of the molecule is Nc1cc(Cl)c(Cl)cc1N(CCCO)C1CCC1. The molecule has 1 saturated carbocycles. The molecule has 2 rings (SSSR count). The largest absolute Gasteiger partial charge is 0.397 e. The molecule has 0 bridgehead atoms. The van der Waals surface area contributed by atoms with Crippen LogP contribution < -0.4 is 10.6 Å². The lowest BCUT2D eigenvalue weighted by molar-refractivity contribution is 0.283. The summed E-state index contributed by atoms with van der Waals surface area (Å²) in [6.07, 6.45) is 4.33. The zero-order chi connectivity index (χ0) is 13.1. The maximum absolute atomic E-state index is 9.00. The van der Waals surface area contributed by atoms with Gasteiger partial charge in [-0.3, -0.25) is 0 Å². The summed E-state index contributed by atoms with van der Waals surface area (Å²) in [5.74, 6) is 0. The average Bonchev–Trinajstić information content (AvgIpc) is 2.27. The van der Waals surface area contributed by atoms with Crippen molar-refractivity contribution >= 4 is 34.6 Å². The molecule has 3 N–H and O–H groups in total. The second-order valence-corrected chi connectivity index (χ2v) is 5.49. The summed E-state index contributed by atoms with van der Waals surface area (Å²) < 4.78 is 0. The van der Waals surface area contributed by atoms with Crippen LogP contribution in [0.25, 0.3) is 0 Å². The van der Waals surface area contributed by atoms with Gasteiger partial charge in [-0.2, -0.15) is 0 Å². The molecular weight excluding hydrogens is 271 g/mol. The maximum atomic E-state index is 9.00. The molecule has 0 amide bonds. The molecule has 0 aliphatic heterocycles. The van der Waals surface area contributed by atoms with Crippen molar-refractivity contribution < 1.29 is 5.11 Å². The Morgan fingerprint density at radius 2 is 1.94 bits per heavy atom. The molecule has 0 unspecified atom stereocenters. The maximum Gasteiger partial charge on any atom is 0.0618 e. The Labute approximate surface area is 117 Å². The smallest absolute Gasteiger partial charge is 0.0618 e. The van der Waals surface area contributed by atoms with Crippen molar-refractivity contribution in [2.75, 3.05) is 23.8 Å². The summed E-state index contributed by atoms with van der Waals surface area (Å²) in [7, 11) is 0. The van der Waals surface area contributed by atoms with Gasteiger partial charge in [0.25, 0.3) is 0 Å². The monoisotopic (exact) mass is 288 g/mol. The van der Waals surface area contributed by atoms with Crippen molar-refractivity contribution in [3.63, 3.8) is 0 Å². The highest BCUT2D eigenvalue weighted by Gasteiger charge is 2.26. The zero-order valence-electron chi connectivity index (χ0n) is 10.2. The van der Waals surface area contributed by atoms with Gasteiger partial charge in [-0.1, -0.05) is 23.2 Å². The number of nitrogens with zero attached hydrogens (tertiary/aromatic N) is 1. The molecular formula is C13H18Cl2N2O. The summed E-state index contributed by atoms with van der Waals surface area (Å²) in [6, 6.07) is 4.04. The lowest BCUT2D eigenvalue weighted by Crippen LogP contribution is -2.41. The second-order valence-electron chi connectivity index (χ2n) is 4.68. The van der Waals surface area contributed by atoms with Crippen LogP contribution in [0.15, 0.2) is 12.1 Å². The first-order valence-electron chi connectivity index (χ1n) is 6.25. The minimum Gasteiger partial charge on any atom is -0.397 e. The third-order valence-electron chi connectivity index (χ3n) is 3.45. The molecule has 0 spiro atoms. The molecule has 18 heavy (non-hydrogen) atoms. The second kappa shape index (κ2) is 6.00. The molecule has 5 heteroatoms. The van der Waals surface area contributed by atoms with Crippen LogP contribution in [0, 0.1) is 0 Å². The molecule has 1 aromatic carbocycles. The predicted octanol–water partition coefficient (Wildman–Crippen LogP) is 3.32. The molecule has 1 aliphatic carbocycles. The molecule has 1 fully saturated rings. The van der Waals surface area contributed by atoms with E-state index in [1.54, 1.807) is 6.07 Å². The number of nitrogen functional groups attached to an aromatic ring is 1. The van der Waals surface area contributed by atoms with E-state index in [4.69, 9.17) is 34.0 Å². The molecule has 0 atom stereocenters. The van der Waals surface area contributed by atoms with Gasteiger partial charge in [0.05, 0.1) is 21.4 Å². The van der Waals surface area contributed by atoms with E-state index in [1.165, 1.54) is 19.3 Å². The van der Waals surface area contributed by atoms with E-state index >= 15 is 0 Å². The van der Waals surface area contributed by atoms with Gasteiger partial charge < -0.3 is 15.7 Å². The van der Waals surface area contributed by atoms with Crippen molar-refractivity contribution in [2.45, 2.75) is 31.7 Å². The lowest BCUT2D eigenvalue weighted by atomic mass is 9.90. The van der Waals surface area contributed by atoms with Crippen LogP contribution in [0.5, 0.6) is 0 Å². The highest BCUT2D eigenvalue weighted by molar-refractivity contribution is 6.42. The quantitative estimate of drug-likeness (QED) is 0.818. The average molecular weight is 289 g/mol. The lowest BCUT2D eigenvalue weighted by Gasteiger charge is -2.40. The van der Waals surface area contributed by atoms with Crippen LogP contribution in [0.1, 0.15) is 25.7 Å². The van der Waals surface area contributed by atoms with Crippen LogP contribution in [-0.2, 0) is 0 Å².